The summed E-state index contributed by atoms with van der Waals surface area (Å²) in [5, 5.41) is 3.37. The zero-order valence-electron chi connectivity index (χ0n) is 11.3. The number of hydrogen-bond acceptors (Lipinski definition) is 2. The molecule has 4 nitrogen and oxygen atoms in total. The second-order valence-electron chi connectivity index (χ2n) is 4.22. The molecule has 1 heterocycles. The highest BCUT2D eigenvalue weighted by Gasteiger charge is 1.99. The Hall–Kier alpha value is -1.10. The minimum atomic E-state index is 0. The highest BCUT2D eigenvalue weighted by molar-refractivity contribution is 5.85. The quantitative estimate of drug-likeness (QED) is 0.428. The van der Waals surface area contributed by atoms with Crippen LogP contribution in [0.15, 0.2) is 43.0 Å². The molecule has 0 saturated heterocycles. The highest BCUT2D eigenvalue weighted by atomic mass is 35.5. The molecule has 0 aliphatic heterocycles. The predicted octanol–water partition coefficient (Wildman–Crippen LogP) is -0.755. The van der Waals surface area contributed by atoms with Gasteiger partial charge in [0.1, 0.15) is 12.4 Å². The number of nitrogen functional groups attached to an aromatic ring is 1. The fourth-order valence-corrected chi connectivity index (χ4v) is 1.73. The van der Waals surface area contributed by atoms with Gasteiger partial charge < -0.3 is 23.5 Å². The Bertz CT molecular complexity index is 471. The third-order valence-corrected chi connectivity index (χ3v) is 2.66. The monoisotopic (exact) mass is 338 g/mol. The first-order valence-electron chi connectivity index (χ1n) is 5.84. The first-order chi connectivity index (χ1) is 8.24. The van der Waals surface area contributed by atoms with Crippen molar-refractivity contribution < 1.29 is 17.0 Å². The van der Waals surface area contributed by atoms with Crippen molar-refractivity contribution in [1.82, 2.24) is 4.57 Å². The zero-order valence-corrected chi connectivity index (χ0v) is 13.7. The summed E-state index contributed by atoms with van der Waals surface area (Å²) in [6, 6.07) is 7.83. The summed E-state index contributed by atoms with van der Waals surface area (Å²) in [5.74, 6) is 0. The Balaban J connectivity index is 0. The van der Waals surface area contributed by atoms with E-state index in [1.807, 2.05) is 42.1 Å². The standard InChI is InChI=1S/C13H19N4.3ClH/c1-16-9-10-17(11-16)8-2-7-15-13-5-3-12(14)4-6-13;;;/h3-6,9-11,15H,2,7-8,14H2,1H3;3*1H/q+1;;;/p-1. The van der Waals surface area contributed by atoms with E-state index in [1.54, 1.807) is 0 Å². The summed E-state index contributed by atoms with van der Waals surface area (Å²) < 4.78 is 4.23. The lowest BCUT2D eigenvalue weighted by atomic mass is 10.3. The van der Waals surface area contributed by atoms with Gasteiger partial charge >= 0.3 is 0 Å². The molecule has 20 heavy (non-hydrogen) atoms. The van der Waals surface area contributed by atoms with E-state index in [-0.39, 0.29) is 37.2 Å². The average molecular weight is 340 g/mol. The molecule has 0 fully saturated rings. The van der Waals surface area contributed by atoms with E-state index < -0.39 is 0 Å². The van der Waals surface area contributed by atoms with Crippen LogP contribution in [0.4, 0.5) is 11.4 Å². The first-order valence-corrected chi connectivity index (χ1v) is 5.84. The van der Waals surface area contributed by atoms with Crippen molar-refractivity contribution in [2.75, 3.05) is 17.6 Å². The van der Waals surface area contributed by atoms with Crippen LogP contribution in [0.1, 0.15) is 6.42 Å². The third kappa shape index (κ3) is 6.89. The van der Waals surface area contributed by atoms with Crippen molar-refractivity contribution >= 4 is 36.2 Å². The van der Waals surface area contributed by atoms with Gasteiger partial charge in [-0.1, -0.05) is 0 Å². The molecule has 0 unspecified atom stereocenters. The number of aromatic nitrogens is 2. The number of halogens is 3. The van der Waals surface area contributed by atoms with Gasteiger partial charge in [0.05, 0.1) is 13.6 Å². The Morgan fingerprint density at radius 1 is 1.20 bits per heavy atom. The van der Waals surface area contributed by atoms with Crippen molar-refractivity contribution in [1.29, 1.82) is 0 Å². The van der Waals surface area contributed by atoms with Crippen LogP contribution >= 0.6 is 24.8 Å². The van der Waals surface area contributed by atoms with Gasteiger partial charge in [-0.3, -0.25) is 0 Å². The van der Waals surface area contributed by atoms with E-state index in [4.69, 9.17) is 5.73 Å². The lowest BCUT2D eigenvalue weighted by Gasteiger charge is -2.05. The van der Waals surface area contributed by atoms with Gasteiger partial charge in [0.25, 0.3) is 0 Å². The number of anilines is 2. The van der Waals surface area contributed by atoms with E-state index in [2.05, 4.69) is 22.4 Å². The van der Waals surface area contributed by atoms with Gasteiger partial charge in [-0.05, 0) is 24.3 Å². The maximum absolute atomic E-state index is 5.63. The van der Waals surface area contributed by atoms with E-state index in [0.717, 1.165) is 30.9 Å². The van der Waals surface area contributed by atoms with Gasteiger partial charge in [0, 0.05) is 24.3 Å². The number of nitrogens with one attached hydrogen (secondary N) is 1. The number of rotatable bonds is 5. The summed E-state index contributed by atoms with van der Waals surface area (Å²) in [4.78, 5) is 0. The number of aryl methyl sites for hydroxylation is 2. The lowest BCUT2D eigenvalue weighted by molar-refractivity contribution is -0.671. The van der Waals surface area contributed by atoms with Crippen molar-refractivity contribution in [3.05, 3.63) is 43.0 Å². The molecule has 2 rings (SSSR count). The van der Waals surface area contributed by atoms with Crippen LogP contribution in [0.25, 0.3) is 0 Å². The zero-order chi connectivity index (χ0) is 12.1. The molecule has 0 saturated carbocycles. The van der Waals surface area contributed by atoms with Gasteiger partial charge in [-0.15, -0.1) is 24.8 Å². The van der Waals surface area contributed by atoms with Crippen molar-refractivity contribution in [3.63, 3.8) is 0 Å². The van der Waals surface area contributed by atoms with Gasteiger partial charge in [-0.2, -0.15) is 0 Å². The molecular weight excluding hydrogens is 319 g/mol. The molecule has 0 radical (unpaired) electrons. The van der Waals surface area contributed by atoms with E-state index in [0.29, 0.717) is 0 Å². The van der Waals surface area contributed by atoms with Crippen LogP contribution in [0.3, 0.4) is 0 Å². The molecule has 0 aliphatic rings. The number of benzene rings is 1. The van der Waals surface area contributed by atoms with E-state index in [1.165, 1.54) is 0 Å². The molecular formula is C13H21Cl3N4. The van der Waals surface area contributed by atoms with Gasteiger partial charge in [0.2, 0.25) is 6.33 Å². The van der Waals surface area contributed by atoms with Crippen LogP contribution in [0.5, 0.6) is 0 Å². The molecule has 1 aromatic heterocycles. The largest absolute Gasteiger partial charge is 1.00 e. The molecule has 0 bridgehead atoms. The maximum atomic E-state index is 5.63. The second kappa shape index (κ2) is 10.7. The Kier molecular flexibility index (Phi) is 11.3. The normalized spacial score (nSPS) is 8.85. The molecule has 0 atom stereocenters. The maximum Gasteiger partial charge on any atom is 0.243 e. The summed E-state index contributed by atoms with van der Waals surface area (Å²) in [7, 11) is 2.03. The first kappa shape index (κ1) is 21.2. The predicted molar refractivity (Wildman–Crippen MR) is 84.1 cm³/mol. The molecule has 1 aromatic carbocycles. The topological polar surface area (TPSA) is 46.9 Å². The molecule has 0 spiro atoms. The summed E-state index contributed by atoms with van der Waals surface area (Å²) in [6.07, 6.45) is 7.32. The third-order valence-electron chi connectivity index (χ3n) is 2.66. The Morgan fingerprint density at radius 3 is 2.40 bits per heavy atom. The van der Waals surface area contributed by atoms with Crippen molar-refractivity contribution in [2.24, 2.45) is 7.05 Å². The molecule has 2 aromatic rings. The molecule has 0 aliphatic carbocycles. The van der Waals surface area contributed by atoms with Crippen LogP contribution in [0, 0.1) is 0 Å². The fraction of sp³-hybridized carbons (Fsp3) is 0.308. The number of nitrogens with two attached hydrogens (primary N) is 1. The van der Waals surface area contributed by atoms with Gasteiger partial charge in [0.15, 0.2) is 0 Å². The minimum absolute atomic E-state index is 0. The number of nitrogens with zero attached hydrogens (tertiary/aromatic N) is 2. The minimum Gasteiger partial charge on any atom is -1.00 e. The van der Waals surface area contributed by atoms with Crippen LogP contribution in [0.2, 0.25) is 0 Å². The Morgan fingerprint density at radius 2 is 1.85 bits per heavy atom. The van der Waals surface area contributed by atoms with Crippen molar-refractivity contribution in [3.8, 4) is 0 Å². The second-order valence-corrected chi connectivity index (χ2v) is 4.22. The molecule has 3 N–H and O–H groups in total. The smallest absolute Gasteiger partial charge is 0.243 e. The summed E-state index contributed by atoms with van der Waals surface area (Å²) >= 11 is 0. The summed E-state index contributed by atoms with van der Waals surface area (Å²) in [6.45, 7) is 1.99. The van der Waals surface area contributed by atoms with E-state index in [9.17, 15) is 0 Å². The SMILES string of the molecule is C[n+]1ccn(CCCNc2ccc(N)cc2)c1.Cl.Cl.[Cl-]. The Labute approximate surface area is 138 Å². The molecule has 7 heteroatoms. The summed E-state index contributed by atoms with van der Waals surface area (Å²) in [5.41, 5.74) is 7.55. The van der Waals surface area contributed by atoms with Crippen LogP contribution < -0.4 is 28.0 Å². The molecule has 114 valence electrons. The van der Waals surface area contributed by atoms with E-state index >= 15 is 0 Å². The molecule has 0 amide bonds. The van der Waals surface area contributed by atoms with Crippen LogP contribution in [-0.4, -0.2) is 11.1 Å². The van der Waals surface area contributed by atoms with Crippen LogP contribution in [-0.2, 0) is 13.6 Å². The average Bonchev–Trinajstić information content (AvgIpc) is 2.73. The fourth-order valence-electron chi connectivity index (χ4n) is 1.73. The lowest BCUT2D eigenvalue weighted by Crippen LogP contribution is -3.00. The van der Waals surface area contributed by atoms with Crippen molar-refractivity contribution in [2.45, 2.75) is 13.0 Å². The van der Waals surface area contributed by atoms with Gasteiger partial charge in [-0.25, -0.2) is 9.13 Å². The number of hydrogen-bond donors (Lipinski definition) is 2. The number of imidazole rings is 1. The highest BCUT2D eigenvalue weighted by Crippen LogP contribution is 2.10.